The van der Waals surface area contributed by atoms with Crippen molar-refractivity contribution in [1.82, 2.24) is 0 Å². The Kier molecular flexibility index (Phi) is 2.24. The molecule has 0 aliphatic rings. The van der Waals surface area contributed by atoms with Gasteiger partial charge < -0.3 is 10.2 Å². The lowest BCUT2D eigenvalue weighted by Crippen LogP contribution is -1.96. The fourth-order valence-electron chi connectivity index (χ4n) is 0.874. The summed E-state index contributed by atoms with van der Waals surface area (Å²) in [7, 11) is 0. The molecule has 1 aromatic rings. The monoisotopic (exact) mass is 186 g/mol. The molecule has 0 radical (unpaired) electrons. The molecule has 0 atom stereocenters. The molecule has 12 heavy (non-hydrogen) atoms. The van der Waals surface area contributed by atoms with Crippen molar-refractivity contribution in [1.29, 1.82) is 0 Å². The first-order valence-electron chi connectivity index (χ1n) is 3.25. The van der Waals surface area contributed by atoms with Crippen LogP contribution in [-0.2, 0) is 0 Å². The van der Waals surface area contributed by atoms with E-state index in [-0.39, 0.29) is 16.3 Å². The number of hydrogen-bond donors (Lipinski definition) is 2. The number of benzene rings is 1. The summed E-state index contributed by atoms with van der Waals surface area (Å²) in [5.74, 6) is -1.28. The standard InChI is InChI=1S/C8H7ClO3/c1-4-2-5(8(11)12)3-6(10)7(4)9/h2-3,10H,1H3,(H,11,12). The van der Waals surface area contributed by atoms with Gasteiger partial charge in [0.1, 0.15) is 5.75 Å². The van der Waals surface area contributed by atoms with Crippen LogP contribution in [0.15, 0.2) is 12.1 Å². The van der Waals surface area contributed by atoms with E-state index in [4.69, 9.17) is 21.8 Å². The molecule has 4 heteroatoms. The minimum absolute atomic E-state index is 0.0365. The van der Waals surface area contributed by atoms with Crippen molar-refractivity contribution in [2.75, 3.05) is 0 Å². The fraction of sp³-hybridized carbons (Fsp3) is 0.125. The molecule has 0 aliphatic carbocycles. The quantitative estimate of drug-likeness (QED) is 0.706. The van der Waals surface area contributed by atoms with E-state index in [1.54, 1.807) is 6.92 Å². The smallest absolute Gasteiger partial charge is 0.335 e. The number of aryl methyl sites for hydroxylation is 1. The summed E-state index contributed by atoms with van der Waals surface area (Å²) in [5.41, 5.74) is 0.587. The number of phenols is 1. The summed E-state index contributed by atoms with van der Waals surface area (Å²) in [4.78, 5) is 10.5. The Bertz CT molecular complexity index is 310. The van der Waals surface area contributed by atoms with Crippen molar-refractivity contribution in [3.8, 4) is 5.75 Å². The van der Waals surface area contributed by atoms with Crippen LogP contribution in [0.2, 0.25) is 5.02 Å². The van der Waals surface area contributed by atoms with Crippen molar-refractivity contribution in [2.24, 2.45) is 0 Å². The van der Waals surface area contributed by atoms with E-state index < -0.39 is 5.97 Å². The highest BCUT2D eigenvalue weighted by molar-refractivity contribution is 6.32. The van der Waals surface area contributed by atoms with E-state index in [1.807, 2.05) is 0 Å². The highest BCUT2D eigenvalue weighted by Gasteiger charge is 2.08. The first kappa shape index (κ1) is 8.87. The van der Waals surface area contributed by atoms with Gasteiger partial charge in [0.25, 0.3) is 0 Å². The van der Waals surface area contributed by atoms with E-state index in [0.717, 1.165) is 6.07 Å². The maximum Gasteiger partial charge on any atom is 0.335 e. The number of carboxylic acids is 1. The van der Waals surface area contributed by atoms with Crippen molar-refractivity contribution >= 4 is 17.6 Å². The van der Waals surface area contributed by atoms with E-state index in [2.05, 4.69) is 0 Å². The number of halogens is 1. The predicted molar refractivity (Wildman–Crippen MR) is 44.8 cm³/mol. The van der Waals surface area contributed by atoms with Gasteiger partial charge in [-0.1, -0.05) is 11.6 Å². The molecule has 0 bridgehead atoms. The molecule has 2 N–H and O–H groups in total. The van der Waals surface area contributed by atoms with Crippen LogP contribution in [0.5, 0.6) is 5.75 Å². The molecule has 0 unspecified atom stereocenters. The Morgan fingerprint density at radius 1 is 1.50 bits per heavy atom. The highest BCUT2D eigenvalue weighted by atomic mass is 35.5. The minimum Gasteiger partial charge on any atom is -0.506 e. The molecular weight excluding hydrogens is 180 g/mol. The van der Waals surface area contributed by atoms with Crippen LogP contribution < -0.4 is 0 Å². The van der Waals surface area contributed by atoms with Crippen LogP contribution in [0.4, 0.5) is 0 Å². The second-order valence-electron chi connectivity index (χ2n) is 2.43. The van der Waals surface area contributed by atoms with E-state index >= 15 is 0 Å². The third-order valence-corrected chi connectivity index (χ3v) is 1.97. The molecule has 0 fully saturated rings. The molecule has 0 heterocycles. The topological polar surface area (TPSA) is 57.5 Å². The zero-order chi connectivity index (χ0) is 9.30. The third kappa shape index (κ3) is 1.51. The van der Waals surface area contributed by atoms with Crippen LogP contribution in [0.25, 0.3) is 0 Å². The average Bonchev–Trinajstić information content (AvgIpc) is 1.99. The Labute approximate surface area is 74.2 Å². The van der Waals surface area contributed by atoms with Crippen molar-refractivity contribution < 1.29 is 15.0 Å². The van der Waals surface area contributed by atoms with Gasteiger partial charge in [0.2, 0.25) is 0 Å². The normalized spacial score (nSPS) is 9.83. The molecule has 0 spiro atoms. The van der Waals surface area contributed by atoms with Crippen molar-refractivity contribution in [3.05, 3.63) is 28.3 Å². The molecule has 0 aliphatic heterocycles. The summed E-state index contributed by atoms with van der Waals surface area (Å²) >= 11 is 5.61. The van der Waals surface area contributed by atoms with Crippen LogP contribution in [0, 0.1) is 6.92 Å². The Morgan fingerprint density at radius 2 is 2.08 bits per heavy atom. The summed E-state index contributed by atoms with van der Waals surface area (Å²) in [6.45, 7) is 1.63. The van der Waals surface area contributed by atoms with Crippen LogP contribution >= 0.6 is 11.6 Å². The Morgan fingerprint density at radius 3 is 2.50 bits per heavy atom. The van der Waals surface area contributed by atoms with Crippen LogP contribution in [0.3, 0.4) is 0 Å². The lowest BCUT2D eigenvalue weighted by Gasteiger charge is -2.02. The van der Waals surface area contributed by atoms with Gasteiger partial charge in [0.05, 0.1) is 10.6 Å². The molecule has 1 rings (SSSR count). The van der Waals surface area contributed by atoms with Crippen molar-refractivity contribution in [3.63, 3.8) is 0 Å². The molecule has 0 saturated heterocycles. The third-order valence-electron chi connectivity index (χ3n) is 1.48. The largest absolute Gasteiger partial charge is 0.506 e. The lowest BCUT2D eigenvalue weighted by atomic mass is 10.1. The minimum atomic E-state index is -1.08. The summed E-state index contributed by atoms with van der Waals surface area (Å²) in [5, 5.41) is 17.9. The van der Waals surface area contributed by atoms with E-state index in [9.17, 15) is 4.79 Å². The lowest BCUT2D eigenvalue weighted by molar-refractivity contribution is 0.0696. The maximum atomic E-state index is 10.5. The number of phenolic OH excluding ortho intramolecular Hbond substituents is 1. The number of hydrogen-bond acceptors (Lipinski definition) is 2. The number of aromatic carboxylic acids is 1. The molecule has 0 aromatic heterocycles. The number of carboxylic acid groups (broad SMARTS) is 1. The summed E-state index contributed by atoms with van der Waals surface area (Å²) in [6.07, 6.45) is 0. The molecule has 64 valence electrons. The van der Waals surface area contributed by atoms with Gasteiger partial charge in [-0.05, 0) is 24.6 Å². The van der Waals surface area contributed by atoms with Gasteiger partial charge in [-0.2, -0.15) is 0 Å². The molecule has 0 saturated carbocycles. The van der Waals surface area contributed by atoms with Gasteiger partial charge in [-0.25, -0.2) is 4.79 Å². The fourth-order valence-corrected chi connectivity index (χ4v) is 0.984. The van der Waals surface area contributed by atoms with Crippen LogP contribution in [-0.4, -0.2) is 16.2 Å². The highest BCUT2D eigenvalue weighted by Crippen LogP contribution is 2.27. The molecular formula is C8H7ClO3. The Balaban J connectivity index is 3.31. The average molecular weight is 187 g/mol. The summed E-state index contributed by atoms with van der Waals surface area (Å²) < 4.78 is 0. The molecule has 0 amide bonds. The van der Waals surface area contributed by atoms with Gasteiger partial charge in [0.15, 0.2) is 0 Å². The van der Waals surface area contributed by atoms with Crippen LogP contribution in [0.1, 0.15) is 15.9 Å². The number of aromatic hydroxyl groups is 1. The SMILES string of the molecule is Cc1cc(C(=O)O)cc(O)c1Cl. The first-order valence-corrected chi connectivity index (χ1v) is 3.62. The van der Waals surface area contributed by atoms with Crippen molar-refractivity contribution in [2.45, 2.75) is 6.92 Å². The summed E-state index contributed by atoms with van der Waals surface area (Å²) in [6, 6.07) is 2.53. The van der Waals surface area contributed by atoms with Gasteiger partial charge in [0, 0.05) is 0 Å². The van der Waals surface area contributed by atoms with E-state index in [0.29, 0.717) is 5.56 Å². The van der Waals surface area contributed by atoms with Gasteiger partial charge in [-0.15, -0.1) is 0 Å². The Hall–Kier alpha value is -1.22. The number of carbonyl (C=O) groups is 1. The van der Waals surface area contributed by atoms with Gasteiger partial charge >= 0.3 is 5.97 Å². The zero-order valence-electron chi connectivity index (χ0n) is 6.34. The molecule has 1 aromatic carbocycles. The second-order valence-corrected chi connectivity index (χ2v) is 2.81. The molecule has 3 nitrogen and oxygen atoms in total. The second kappa shape index (κ2) is 3.03. The first-order chi connectivity index (χ1) is 5.52. The maximum absolute atomic E-state index is 10.5. The zero-order valence-corrected chi connectivity index (χ0v) is 7.09. The van der Waals surface area contributed by atoms with E-state index in [1.165, 1.54) is 6.07 Å². The number of rotatable bonds is 1. The predicted octanol–water partition coefficient (Wildman–Crippen LogP) is 2.05. The van der Waals surface area contributed by atoms with Gasteiger partial charge in [-0.3, -0.25) is 0 Å².